The topological polar surface area (TPSA) is 61.6 Å². The molecule has 2 aliphatic rings. The summed E-state index contributed by atoms with van der Waals surface area (Å²) in [5, 5.41) is 2.12. The Hall–Kier alpha value is -1.43. The van der Waals surface area contributed by atoms with Crippen molar-refractivity contribution in [1.82, 2.24) is 10.4 Å². The molecule has 0 saturated carbocycles. The summed E-state index contributed by atoms with van der Waals surface area (Å²) < 4.78 is 0. The van der Waals surface area contributed by atoms with E-state index in [4.69, 9.17) is 5.73 Å². The van der Waals surface area contributed by atoms with Crippen molar-refractivity contribution in [2.24, 2.45) is 11.7 Å². The number of nitrogens with one attached hydrogen (secondary N) is 1. The molecule has 2 heterocycles. The number of nitrogens with zero attached hydrogens (tertiary/aromatic N) is 2. The van der Waals surface area contributed by atoms with Gasteiger partial charge in [-0.05, 0) is 50.4 Å². The zero-order chi connectivity index (χ0) is 17.9. The zero-order valence-corrected chi connectivity index (χ0v) is 15.7. The fourth-order valence-electron chi connectivity index (χ4n) is 3.86. The Bertz CT molecular complexity index is 574. The van der Waals surface area contributed by atoms with Crippen LogP contribution in [-0.4, -0.2) is 37.1 Å². The van der Waals surface area contributed by atoms with Crippen LogP contribution in [0.2, 0.25) is 0 Å². The Balaban J connectivity index is 0.00000100. The molecule has 3 N–H and O–H groups in total. The number of amides is 1. The van der Waals surface area contributed by atoms with E-state index < -0.39 is 0 Å². The van der Waals surface area contributed by atoms with Gasteiger partial charge in [0.05, 0.1) is 12.0 Å². The van der Waals surface area contributed by atoms with Crippen LogP contribution < -0.4 is 16.1 Å². The summed E-state index contributed by atoms with van der Waals surface area (Å²) in [5.74, 6) is 0.269. The fraction of sp³-hybridized carbons (Fsp3) is 0.632. The van der Waals surface area contributed by atoms with E-state index in [1.807, 2.05) is 25.8 Å². The molecule has 134 valence electrons. The lowest BCUT2D eigenvalue weighted by atomic mass is 9.80. The van der Waals surface area contributed by atoms with Crippen LogP contribution in [0.4, 0.5) is 5.69 Å². The van der Waals surface area contributed by atoms with Gasteiger partial charge >= 0.3 is 0 Å². The Morgan fingerprint density at radius 2 is 2.04 bits per heavy atom. The molecule has 1 saturated heterocycles. The van der Waals surface area contributed by atoms with Gasteiger partial charge in [0.15, 0.2) is 0 Å². The third-order valence-electron chi connectivity index (χ3n) is 4.79. The van der Waals surface area contributed by atoms with Crippen LogP contribution in [0.3, 0.4) is 0 Å². The Morgan fingerprint density at radius 1 is 1.33 bits per heavy atom. The molecule has 1 aromatic rings. The van der Waals surface area contributed by atoms with Gasteiger partial charge in [0.25, 0.3) is 0 Å². The highest BCUT2D eigenvalue weighted by molar-refractivity contribution is 5.99. The number of hydrazine groups is 1. The molecule has 0 bridgehead atoms. The van der Waals surface area contributed by atoms with Gasteiger partial charge in [-0.15, -0.1) is 0 Å². The number of benzene rings is 1. The number of rotatable bonds is 3. The average Bonchev–Trinajstić information content (AvgIpc) is 2.56. The summed E-state index contributed by atoms with van der Waals surface area (Å²) in [4.78, 5) is 15.0. The van der Waals surface area contributed by atoms with Crippen molar-refractivity contribution < 1.29 is 4.79 Å². The van der Waals surface area contributed by atoms with Crippen molar-refractivity contribution in [1.29, 1.82) is 0 Å². The highest BCUT2D eigenvalue weighted by Crippen LogP contribution is 2.44. The molecule has 1 amide bonds. The van der Waals surface area contributed by atoms with Gasteiger partial charge in [0.1, 0.15) is 0 Å². The second-order valence-electron chi connectivity index (χ2n) is 6.62. The monoisotopic (exact) mass is 332 g/mol. The Kier molecular flexibility index (Phi) is 6.38. The third kappa shape index (κ3) is 3.48. The van der Waals surface area contributed by atoms with Crippen molar-refractivity contribution in [2.45, 2.75) is 52.6 Å². The lowest BCUT2D eigenvalue weighted by molar-refractivity contribution is -0.129. The van der Waals surface area contributed by atoms with Gasteiger partial charge in [-0.1, -0.05) is 26.0 Å². The van der Waals surface area contributed by atoms with Gasteiger partial charge in [0.2, 0.25) is 5.91 Å². The maximum absolute atomic E-state index is 13.1. The summed E-state index contributed by atoms with van der Waals surface area (Å²) in [6, 6.07) is 6.88. The number of anilines is 1. The molecule has 1 fully saturated rings. The molecular formula is C19H32N4O. The van der Waals surface area contributed by atoms with Gasteiger partial charge in [-0.3, -0.25) is 10.2 Å². The van der Waals surface area contributed by atoms with E-state index in [0.717, 1.165) is 18.5 Å². The number of hydrogen-bond acceptors (Lipinski definition) is 4. The molecule has 5 nitrogen and oxygen atoms in total. The van der Waals surface area contributed by atoms with Gasteiger partial charge in [0, 0.05) is 25.3 Å². The van der Waals surface area contributed by atoms with E-state index in [1.165, 1.54) is 11.1 Å². The summed E-state index contributed by atoms with van der Waals surface area (Å²) in [6.45, 7) is 9.52. The number of nitrogens with two attached hydrogens (primary N) is 1. The van der Waals surface area contributed by atoms with Crippen LogP contribution in [-0.2, 0) is 4.79 Å². The highest BCUT2D eigenvalue weighted by Gasteiger charge is 2.45. The quantitative estimate of drug-likeness (QED) is 0.893. The smallest absolute Gasteiger partial charge is 0.232 e. The van der Waals surface area contributed by atoms with Gasteiger partial charge in [-0.2, -0.15) is 0 Å². The number of carbonyl (C=O) groups excluding carboxylic acids is 1. The first-order valence-electron chi connectivity index (χ1n) is 9.14. The van der Waals surface area contributed by atoms with Gasteiger partial charge < -0.3 is 10.6 Å². The highest BCUT2D eigenvalue weighted by atomic mass is 16.2. The van der Waals surface area contributed by atoms with E-state index in [-0.39, 0.29) is 17.9 Å². The molecule has 3 unspecified atom stereocenters. The van der Waals surface area contributed by atoms with E-state index in [2.05, 4.69) is 42.5 Å². The first-order chi connectivity index (χ1) is 11.5. The van der Waals surface area contributed by atoms with Crippen molar-refractivity contribution >= 4 is 11.6 Å². The molecule has 1 aromatic carbocycles. The predicted molar refractivity (Wildman–Crippen MR) is 99.8 cm³/mol. The third-order valence-corrected chi connectivity index (χ3v) is 4.79. The molecule has 2 aliphatic heterocycles. The second kappa shape index (κ2) is 8.10. The summed E-state index contributed by atoms with van der Waals surface area (Å²) in [7, 11) is 2.04. The standard InChI is InChI=1S/C17H26N4O.C2H6/c1-11-5-6-13-15(9-11)21(8-4-7-18)17(22)14-10-12(2)19-20(3)16(13)14;1-2/h5-6,9,12,14,16,19H,4,7-8,10,18H2,1-3H3;1-2H3. The summed E-state index contributed by atoms with van der Waals surface area (Å²) in [6.07, 6.45) is 1.71. The van der Waals surface area contributed by atoms with E-state index in [9.17, 15) is 4.79 Å². The van der Waals surface area contributed by atoms with Crippen molar-refractivity contribution in [3.63, 3.8) is 0 Å². The first kappa shape index (κ1) is 18.9. The van der Waals surface area contributed by atoms with Crippen molar-refractivity contribution in [2.75, 3.05) is 25.0 Å². The van der Waals surface area contributed by atoms with Crippen LogP contribution in [0, 0.1) is 12.8 Å². The lowest BCUT2D eigenvalue weighted by Crippen LogP contribution is -2.58. The molecule has 0 aromatic heterocycles. The molecular weight excluding hydrogens is 300 g/mol. The minimum atomic E-state index is 0.0224. The molecule has 0 radical (unpaired) electrons. The molecule has 24 heavy (non-hydrogen) atoms. The van der Waals surface area contributed by atoms with E-state index in [1.54, 1.807) is 0 Å². The molecule has 0 aliphatic carbocycles. The Morgan fingerprint density at radius 3 is 2.71 bits per heavy atom. The molecule has 0 spiro atoms. The number of aryl methyl sites for hydroxylation is 1. The fourth-order valence-corrected chi connectivity index (χ4v) is 3.86. The van der Waals surface area contributed by atoms with Gasteiger partial charge in [-0.25, -0.2) is 5.01 Å². The number of carbonyl (C=O) groups is 1. The van der Waals surface area contributed by atoms with Crippen molar-refractivity contribution in [3.8, 4) is 0 Å². The van der Waals surface area contributed by atoms with Crippen LogP contribution in [0.25, 0.3) is 0 Å². The number of hydrogen-bond donors (Lipinski definition) is 2. The minimum absolute atomic E-state index is 0.0224. The van der Waals surface area contributed by atoms with E-state index in [0.29, 0.717) is 19.1 Å². The molecule has 3 atom stereocenters. The summed E-state index contributed by atoms with van der Waals surface area (Å²) >= 11 is 0. The minimum Gasteiger partial charge on any atom is -0.330 e. The normalized spacial score (nSPS) is 26.3. The molecule has 3 rings (SSSR count). The van der Waals surface area contributed by atoms with Crippen LogP contribution in [0.15, 0.2) is 18.2 Å². The largest absolute Gasteiger partial charge is 0.330 e. The molecule has 5 heteroatoms. The summed E-state index contributed by atoms with van der Waals surface area (Å²) in [5.41, 5.74) is 12.6. The van der Waals surface area contributed by atoms with Crippen molar-refractivity contribution in [3.05, 3.63) is 29.3 Å². The maximum atomic E-state index is 13.1. The SMILES string of the molecule is CC.Cc1ccc2c(c1)N(CCCN)C(=O)C1CC(C)NN(C)C21. The lowest BCUT2D eigenvalue weighted by Gasteiger charge is -2.48. The second-order valence-corrected chi connectivity index (χ2v) is 6.62. The van der Waals surface area contributed by atoms with E-state index >= 15 is 0 Å². The van der Waals surface area contributed by atoms with Crippen LogP contribution in [0.5, 0.6) is 0 Å². The number of fused-ring (bicyclic) bond motifs is 3. The predicted octanol–water partition coefficient (Wildman–Crippen LogP) is 2.60. The van der Waals surface area contributed by atoms with Crippen LogP contribution >= 0.6 is 0 Å². The Labute approximate surface area is 146 Å². The first-order valence-corrected chi connectivity index (χ1v) is 9.14. The van der Waals surface area contributed by atoms with Crippen LogP contribution in [0.1, 0.15) is 50.8 Å². The zero-order valence-electron chi connectivity index (χ0n) is 15.7. The average molecular weight is 332 g/mol. The maximum Gasteiger partial charge on any atom is 0.232 e.